The molecule has 1 unspecified atom stereocenters. The zero-order chi connectivity index (χ0) is 18.2. The van der Waals surface area contributed by atoms with E-state index in [1.54, 1.807) is 0 Å². The van der Waals surface area contributed by atoms with Crippen molar-refractivity contribution in [3.05, 3.63) is 60.0 Å². The van der Waals surface area contributed by atoms with Crippen LogP contribution >= 0.6 is 0 Å². The Morgan fingerprint density at radius 2 is 1.96 bits per heavy atom. The van der Waals surface area contributed by atoms with Crippen molar-refractivity contribution in [3.63, 3.8) is 0 Å². The number of halogens is 1. The lowest BCUT2D eigenvalue weighted by Gasteiger charge is -2.28. The second-order valence-electron chi connectivity index (χ2n) is 5.39. The van der Waals surface area contributed by atoms with Gasteiger partial charge in [-0.1, -0.05) is 30.3 Å². The van der Waals surface area contributed by atoms with E-state index in [0.29, 0.717) is 6.61 Å². The molecule has 132 valence electrons. The monoisotopic (exact) mass is 345 g/mol. The van der Waals surface area contributed by atoms with Gasteiger partial charge in [-0.05, 0) is 24.6 Å². The van der Waals surface area contributed by atoms with E-state index in [1.807, 2.05) is 37.3 Å². The molecule has 0 saturated carbocycles. The topological polar surface area (TPSA) is 71.5 Å². The number of hydrogen-bond acceptors (Lipinski definition) is 4. The number of benzene rings is 1. The van der Waals surface area contributed by atoms with Gasteiger partial charge in [-0.25, -0.2) is 9.37 Å². The van der Waals surface area contributed by atoms with Gasteiger partial charge in [0.2, 0.25) is 0 Å². The number of ether oxygens (including phenoxy) is 1. The lowest BCUT2D eigenvalue weighted by atomic mass is 10.1. The average molecular weight is 345 g/mol. The molecule has 2 rings (SSSR count). The number of pyridine rings is 1. The van der Waals surface area contributed by atoms with E-state index < -0.39 is 17.6 Å². The van der Waals surface area contributed by atoms with E-state index >= 15 is 0 Å². The van der Waals surface area contributed by atoms with Crippen molar-refractivity contribution in [1.82, 2.24) is 9.88 Å². The number of carbonyl (C=O) groups excluding carboxylic acids is 2. The molecule has 6 nitrogen and oxygen atoms in total. The average Bonchev–Trinajstić information content (AvgIpc) is 2.64. The molecule has 1 heterocycles. The SMILES string of the molecule is COCCN(C(=O)C(=O)Nc1ccc(F)cn1)C(C)c1ccccc1. The van der Waals surface area contributed by atoms with Crippen LogP contribution in [0.15, 0.2) is 48.7 Å². The van der Waals surface area contributed by atoms with Crippen LogP contribution in [0.2, 0.25) is 0 Å². The van der Waals surface area contributed by atoms with Crippen molar-refractivity contribution in [2.75, 3.05) is 25.6 Å². The molecule has 2 amide bonds. The highest BCUT2D eigenvalue weighted by Gasteiger charge is 2.27. The third kappa shape index (κ3) is 5.09. The second-order valence-corrected chi connectivity index (χ2v) is 5.39. The fourth-order valence-corrected chi connectivity index (χ4v) is 2.32. The number of methoxy groups -OCH3 is 1. The Labute approximate surface area is 145 Å². The maximum absolute atomic E-state index is 12.9. The summed E-state index contributed by atoms with van der Waals surface area (Å²) in [5, 5.41) is 2.38. The Hall–Kier alpha value is -2.80. The summed E-state index contributed by atoms with van der Waals surface area (Å²) in [5.41, 5.74) is 0.902. The van der Waals surface area contributed by atoms with Gasteiger partial charge in [0.25, 0.3) is 0 Å². The number of aromatic nitrogens is 1. The predicted octanol–water partition coefficient (Wildman–Crippen LogP) is 2.40. The predicted molar refractivity (Wildman–Crippen MR) is 91.3 cm³/mol. The van der Waals surface area contributed by atoms with Crippen LogP contribution in [0.5, 0.6) is 0 Å². The van der Waals surface area contributed by atoms with E-state index in [-0.39, 0.29) is 18.4 Å². The smallest absolute Gasteiger partial charge is 0.315 e. The Morgan fingerprint density at radius 3 is 2.56 bits per heavy atom. The summed E-state index contributed by atoms with van der Waals surface area (Å²) >= 11 is 0. The maximum atomic E-state index is 12.9. The van der Waals surface area contributed by atoms with E-state index in [0.717, 1.165) is 17.8 Å². The molecule has 0 fully saturated rings. The molecule has 0 bridgehead atoms. The number of rotatable bonds is 6. The van der Waals surface area contributed by atoms with Crippen LogP contribution in [-0.4, -0.2) is 42.0 Å². The van der Waals surface area contributed by atoms with Crippen LogP contribution < -0.4 is 5.32 Å². The summed E-state index contributed by atoms with van der Waals surface area (Å²) in [7, 11) is 1.53. The fraction of sp³-hybridized carbons (Fsp3) is 0.278. The summed E-state index contributed by atoms with van der Waals surface area (Å²) < 4.78 is 17.9. The highest BCUT2D eigenvalue weighted by Crippen LogP contribution is 2.20. The van der Waals surface area contributed by atoms with Crippen LogP contribution in [0.1, 0.15) is 18.5 Å². The molecule has 0 saturated heterocycles. The lowest BCUT2D eigenvalue weighted by Crippen LogP contribution is -2.43. The maximum Gasteiger partial charge on any atom is 0.315 e. The van der Waals surface area contributed by atoms with Crippen molar-refractivity contribution in [2.45, 2.75) is 13.0 Å². The quantitative estimate of drug-likeness (QED) is 0.816. The van der Waals surface area contributed by atoms with Gasteiger partial charge >= 0.3 is 11.8 Å². The Morgan fingerprint density at radius 1 is 1.24 bits per heavy atom. The van der Waals surface area contributed by atoms with E-state index in [1.165, 1.54) is 18.1 Å². The molecule has 25 heavy (non-hydrogen) atoms. The molecule has 0 aliphatic heterocycles. The van der Waals surface area contributed by atoms with Crippen LogP contribution in [0.4, 0.5) is 10.2 Å². The van der Waals surface area contributed by atoms with Gasteiger partial charge in [-0.2, -0.15) is 0 Å². The first kappa shape index (κ1) is 18.5. The minimum Gasteiger partial charge on any atom is -0.383 e. The number of hydrogen-bond donors (Lipinski definition) is 1. The van der Waals surface area contributed by atoms with Crippen molar-refractivity contribution in [2.24, 2.45) is 0 Å². The highest BCUT2D eigenvalue weighted by molar-refractivity contribution is 6.39. The van der Waals surface area contributed by atoms with Gasteiger partial charge in [-0.15, -0.1) is 0 Å². The number of nitrogens with one attached hydrogen (secondary N) is 1. The van der Waals surface area contributed by atoms with Crippen LogP contribution in [0.3, 0.4) is 0 Å². The standard InChI is InChI=1S/C18H20FN3O3/c1-13(14-6-4-3-5-7-14)22(10-11-25-2)18(24)17(23)21-16-9-8-15(19)12-20-16/h3-9,12-13H,10-11H2,1-2H3,(H,20,21,23). The molecule has 0 spiro atoms. The fourth-order valence-electron chi connectivity index (χ4n) is 2.32. The van der Waals surface area contributed by atoms with Gasteiger partial charge < -0.3 is 15.0 Å². The zero-order valence-electron chi connectivity index (χ0n) is 14.1. The molecule has 2 aromatic rings. The molecule has 0 radical (unpaired) electrons. The largest absolute Gasteiger partial charge is 0.383 e. The lowest BCUT2D eigenvalue weighted by molar-refractivity contribution is -0.145. The Balaban J connectivity index is 2.13. The van der Waals surface area contributed by atoms with Gasteiger partial charge in [0.1, 0.15) is 11.6 Å². The summed E-state index contributed by atoms with van der Waals surface area (Å²) in [4.78, 5) is 30.0. The first-order chi connectivity index (χ1) is 12.0. The molecule has 0 aliphatic carbocycles. The zero-order valence-corrected chi connectivity index (χ0v) is 14.1. The highest BCUT2D eigenvalue weighted by atomic mass is 19.1. The van der Waals surface area contributed by atoms with Gasteiger partial charge in [-0.3, -0.25) is 9.59 Å². The first-order valence-corrected chi connectivity index (χ1v) is 7.80. The van der Waals surface area contributed by atoms with Gasteiger partial charge in [0.15, 0.2) is 0 Å². The number of anilines is 1. The Kier molecular flexibility index (Phi) is 6.59. The molecule has 1 atom stereocenters. The van der Waals surface area contributed by atoms with Gasteiger partial charge in [0.05, 0.1) is 18.8 Å². The third-order valence-corrected chi connectivity index (χ3v) is 3.71. The molecule has 0 aliphatic rings. The van der Waals surface area contributed by atoms with Crippen molar-refractivity contribution < 1.29 is 18.7 Å². The minimum absolute atomic E-state index is 0.110. The Bertz CT molecular complexity index is 707. The molecule has 1 aromatic heterocycles. The number of carbonyl (C=O) groups is 2. The van der Waals surface area contributed by atoms with Crippen molar-refractivity contribution in [3.8, 4) is 0 Å². The summed E-state index contributed by atoms with van der Waals surface area (Å²) in [6, 6.07) is 11.5. The molecular weight excluding hydrogens is 325 g/mol. The van der Waals surface area contributed by atoms with Crippen LogP contribution in [-0.2, 0) is 14.3 Å². The van der Waals surface area contributed by atoms with Gasteiger partial charge in [0, 0.05) is 13.7 Å². The second kappa shape index (κ2) is 8.89. The normalized spacial score (nSPS) is 11.6. The first-order valence-electron chi connectivity index (χ1n) is 7.80. The third-order valence-electron chi connectivity index (χ3n) is 3.71. The van der Waals surface area contributed by atoms with Crippen LogP contribution in [0, 0.1) is 5.82 Å². The van der Waals surface area contributed by atoms with Crippen LogP contribution in [0.25, 0.3) is 0 Å². The molecule has 1 aromatic carbocycles. The minimum atomic E-state index is -0.835. The summed E-state index contributed by atoms with van der Waals surface area (Å²) in [6.07, 6.45) is 0.968. The molecular formula is C18H20FN3O3. The number of nitrogens with zero attached hydrogens (tertiary/aromatic N) is 2. The van der Waals surface area contributed by atoms with Crippen molar-refractivity contribution in [1.29, 1.82) is 0 Å². The summed E-state index contributed by atoms with van der Waals surface area (Å²) in [6.45, 7) is 2.40. The number of amides is 2. The van der Waals surface area contributed by atoms with Crippen molar-refractivity contribution >= 4 is 17.6 Å². The van der Waals surface area contributed by atoms with E-state index in [9.17, 15) is 14.0 Å². The van der Waals surface area contributed by atoms with E-state index in [4.69, 9.17) is 4.74 Å². The molecule has 1 N–H and O–H groups in total. The summed E-state index contributed by atoms with van der Waals surface area (Å²) in [5.74, 6) is -1.96. The molecule has 7 heteroatoms. The van der Waals surface area contributed by atoms with E-state index in [2.05, 4.69) is 10.3 Å².